The summed E-state index contributed by atoms with van der Waals surface area (Å²) in [7, 11) is 0. The van der Waals surface area contributed by atoms with Crippen molar-refractivity contribution < 1.29 is 0 Å². The van der Waals surface area contributed by atoms with E-state index in [1.54, 1.807) is 0 Å². The predicted octanol–water partition coefficient (Wildman–Crippen LogP) is 2.65. The van der Waals surface area contributed by atoms with E-state index in [9.17, 15) is 0 Å². The fourth-order valence-electron chi connectivity index (χ4n) is 2.35. The van der Waals surface area contributed by atoms with Crippen LogP contribution in [0.3, 0.4) is 0 Å². The van der Waals surface area contributed by atoms with Crippen molar-refractivity contribution in [1.82, 2.24) is 9.55 Å². The number of imidazole rings is 1. The molecule has 0 spiro atoms. The molecule has 0 saturated heterocycles. The average Bonchev–Trinajstić information content (AvgIpc) is 2.42. The monoisotopic (exact) mass is 201 g/mol. The first kappa shape index (κ1) is 8.77. The molecule has 0 amide bonds. The van der Waals surface area contributed by atoms with Crippen LogP contribution in [0, 0.1) is 6.92 Å². The van der Waals surface area contributed by atoms with Crippen LogP contribution in [0.15, 0.2) is 18.2 Å². The number of rotatable bonds is 1. The molecule has 15 heavy (non-hydrogen) atoms. The fourth-order valence-corrected chi connectivity index (χ4v) is 2.35. The largest absolute Gasteiger partial charge is 0.369 e. The summed E-state index contributed by atoms with van der Waals surface area (Å²) in [5.41, 5.74) is 9.50. The minimum Gasteiger partial charge on any atom is -0.369 e. The Morgan fingerprint density at radius 2 is 2.20 bits per heavy atom. The molecule has 3 rings (SSSR count). The van der Waals surface area contributed by atoms with Crippen molar-refractivity contribution >= 4 is 17.0 Å². The molecular formula is C12H15N3. The van der Waals surface area contributed by atoms with Crippen LogP contribution in [0.1, 0.15) is 30.9 Å². The van der Waals surface area contributed by atoms with Gasteiger partial charge >= 0.3 is 0 Å². The van der Waals surface area contributed by atoms with Crippen LogP contribution in [0.25, 0.3) is 11.0 Å². The molecule has 1 fully saturated rings. The first-order valence-electron chi connectivity index (χ1n) is 5.50. The second-order valence-corrected chi connectivity index (χ2v) is 4.37. The van der Waals surface area contributed by atoms with Crippen molar-refractivity contribution in [2.24, 2.45) is 0 Å². The van der Waals surface area contributed by atoms with Gasteiger partial charge in [-0.2, -0.15) is 0 Å². The van der Waals surface area contributed by atoms with Crippen molar-refractivity contribution in [3.63, 3.8) is 0 Å². The number of aryl methyl sites for hydroxylation is 1. The van der Waals surface area contributed by atoms with Gasteiger partial charge in [-0.25, -0.2) is 4.98 Å². The summed E-state index contributed by atoms with van der Waals surface area (Å²) in [6.07, 6.45) is 3.80. The second kappa shape index (κ2) is 2.99. The number of para-hydroxylation sites is 1. The third kappa shape index (κ3) is 1.16. The molecule has 3 heteroatoms. The van der Waals surface area contributed by atoms with Crippen LogP contribution in [0.4, 0.5) is 5.95 Å². The highest BCUT2D eigenvalue weighted by Crippen LogP contribution is 2.37. The summed E-state index contributed by atoms with van der Waals surface area (Å²) in [6, 6.07) is 6.78. The van der Waals surface area contributed by atoms with Gasteiger partial charge in [-0.05, 0) is 37.8 Å². The van der Waals surface area contributed by atoms with E-state index >= 15 is 0 Å². The van der Waals surface area contributed by atoms with Crippen LogP contribution in [-0.2, 0) is 0 Å². The zero-order chi connectivity index (χ0) is 10.4. The lowest BCUT2D eigenvalue weighted by atomic mass is 9.92. The SMILES string of the molecule is Cc1cccc2nc(N)n(C3CCC3)c12. The molecule has 0 bridgehead atoms. The van der Waals surface area contributed by atoms with Gasteiger partial charge in [0.1, 0.15) is 0 Å². The molecule has 0 aliphatic heterocycles. The van der Waals surface area contributed by atoms with Gasteiger partial charge < -0.3 is 10.3 Å². The van der Waals surface area contributed by atoms with E-state index in [0.29, 0.717) is 12.0 Å². The standard InChI is InChI=1S/C12H15N3/c1-8-4-2-7-10-11(8)15(12(13)14-10)9-5-3-6-9/h2,4,7,9H,3,5-6H2,1H3,(H2,13,14). The summed E-state index contributed by atoms with van der Waals surface area (Å²) in [5, 5.41) is 0. The first-order valence-corrected chi connectivity index (χ1v) is 5.50. The van der Waals surface area contributed by atoms with Gasteiger partial charge in [-0.1, -0.05) is 12.1 Å². The van der Waals surface area contributed by atoms with Crippen LogP contribution in [-0.4, -0.2) is 9.55 Å². The molecule has 1 aliphatic rings. The first-order chi connectivity index (χ1) is 7.27. The maximum Gasteiger partial charge on any atom is 0.201 e. The number of anilines is 1. The molecule has 1 saturated carbocycles. The number of benzene rings is 1. The molecule has 78 valence electrons. The van der Waals surface area contributed by atoms with Gasteiger partial charge in [0.2, 0.25) is 5.95 Å². The second-order valence-electron chi connectivity index (χ2n) is 4.37. The molecule has 0 atom stereocenters. The third-order valence-corrected chi connectivity index (χ3v) is 3.38. The molecular weight excluding hydrogens is 186 g/mol. The van der Waals surface area contributed by atoms with Gasteiger partial charge in [0, 0.05) is 6.04 Å². The minimum atomic E-state index is 0.580. The van der Waals surface area contributed by atoms with Crippen LogP contribution < -0.4 is 5.73 Å². The lowest BCUT2D eigenvalue weighted by molar-refractivity contribution is 0.324. The van der Waals surface area contributed by atoms with E-state index < -0.39 is 0 Å². The zero-order valence-electron chi connectivity index (χ0n) is 8.90. The Hall–Kier alpha value is -1.51. The normalized spacial score (nSPS) is 16.9. The lowest BCUT2D eigenvalue weighted by Crippen LogP contribution is -2.18. The fraction of sp³-hybridized carbons (Fsp3) is 0.417. The topological polar surface area (TPSA) is 43.8 Å². The predicted molar refractivity (Wildman–Crippen MR) is 61.8 cm³/mol. The van der Waals surface area contributed by atoms with Gasteiger partial charge in [-0.15, -0.1) is 0 Å². The Bertz CT molecular complexity index is 509. The van der Waals surface area contributed by atoms with E-state index in [4.69, 9.17) is 5.73 Å². The molecule has 2 N–H and O–H groups in total. The number of nitrogen functional groups attached to an aromatic ring is 1. The smallest absolute Gasteiger partial charge is 0.201 e. The van der Waals surface area contributed by atoms with Crippen molar-refractivity contribution in [2.45, 2.75) is 32.2 Å². The number of fused-ring (bicyclic) bond motifs is 1. The van der Waals surface area contributed by atoms with E-state index in [2.05, 4.69) is 22.5 Å². The van der Waals surface area contributed by atoms with E-state index in [1.165, 1.54) is 30.3 Å². The minimum absolute atomic E-state index is 0.580. The van der Waals surface area contributed by atoms with Crippen molar-refractivity contribution in [3.8, 4) is 0 Å². The highest BCUT2D eigenvalue weighted by Gasteiger charge is 2.24. The van der Waals surface area contributed by atoms with Crippen molar-refractivity contribution in [3.05, 3.63) is 23.8 Å². The van der Waals surface area contributed by atoms with E-state index in [0.717, 1.165) is 5.52 Å². The Labute approximate surface area is 88.9 Å². The van der Waals surface area contributed by atoms with E-state index in [1.807, 2.05) is 12.1 Å². The Kier molecular flexibility index (Phi) is 1.75. The van der Waals surface area contributed by atoms with Gasteiger partial charge in [-0.3, -0.25) is 0 Å². The molecule has 0 radical (unpaired) electrons. The number of hydrogen-bond donors (Lipinski definition) is 1. The Morgan fingerprint density at radius 1 is 1.40 bits per heavy atom. The molecule has 1 aliphatic carbocycles. The zero-order valence-corrected chi connectivity index (χ0v) is 8.90. The molecule has 2 aromatic rings. The van der Waals surface area contributed by atoms with Gasteiger partial charge in [0.15, 0.2) is 0 Å². The maximum atomic E-state index is 5.98. The Balaban J connectivity index is 2.30. The van der Waals surface area contributed by atoms with Gasteiger partial charge in [0.05, 0.1) is 11.0 Å². The quantitative estimate of drug-likeness (QED) is 0.770. The number of aromatic nitrogens is 2. The van der Waals surface area contributed by atoms with Crippen molar-refractivity contribution in [1.29, 1.82) is 0 Å². The van der Waals surface area contributed by atoms with Crippen LogP contribution in [0.5, 0.6) is 0 Å². The van der Waals surface area contributed by atoms with Crippen molar-refractivity contribution in [2.75, 3.05) is 5.73 Å². The number of nitrogens with two attached hydrogens (primary N) is 1. The highest BCUT2D eigenvalue weighted by molar-refractivity contribution is 5.81. The molecule has 1 aromatic heterocycles. The molecule has 1 heterocycles. The summed E-state index contributed by atoms with van der Waals surface area (Å²) < 4.78 is 2.22. The Morgan fingerprint density at radius 3 is 2.87 bits per heavy atom. The van der Waals surface area contributed by atoms with E-state index in [-0.39, 0.29) is 0 Å². The van der Waals surface area contributed by atoms with Gasteiger partial charge in [0.25, 0.3) is 0 Å². The average molecular weight is 201 g/mol. The molecule has 3 nitrogen and oxygen atoms in total. The number of nitrogens with zero attached hydrogens (tertiary/aromatic N) is 2. The highest BCUT2D eigenvalue weighted by atomic mass is 15.2. The van der Waals surface area contributed by atoms with Crippen LogP contribution >= 0.6 is 0 Å². The lowest BCUT2D eigenvalue weighted by Gasteiger charge is -2.28. The maximum absolute atomic E-state index is 5.98. The summed E-state index contributed by atoms with van der Waals surface area (Å²) in [6.45, 7) is 2.12. The summed E-state index contributed by atoms with van der Waals surface area (Å²) in [5.74, 6) is 0.670. The van der Waals surface area contributed by atoms with Crippen LogP contribution in [0.2, 0.25) is 0 Å². The number of hydrogen-bond acceptors (Lipinski definition) is 2. The third-order valence-electron chi connectivity index (χ3n) is 3.38. The molecule has 0 unspecified atom stereocenters. The summed E-state index contributed by atoms with van der Waals surface area (Å²) >= 11 is 0. The molecule has 1 aromatic carbocycles. The summed E-state index contributed by atoms with van der Waals surface area (Å²) in [4.78, 5) is 4.42.